The summed E-state index contributed by atoms with van der Waals surface area (Å²) in [6.07, 6.45) is 6.37. The molecule has 29 heavy (non-hydrogen) atoms. The summed E-state index contributed by atoms with van der Waals surface area (Å²) in [5.41, 5.74) is 9.10. The summed E-state index contributed by atoms with van der Waals surface area (Å²) in [6.45, 7) is 2.23. The van der Waals surface area contributed by atoms with E-state index in [1.165, 1.54) is 19.3 Å². The first-order chi connectivity index (χ1) is 14.0. The molecule has 2 saturated heterocycles. The Balaban J connectivity index is 1.39. The average molecular weight is 396 g/mol. The Bertz CT molecular complexity index is 871. The third-order valence-electron chi connectivity index (χ3n) is 7.28. The number of piperidine rings is 2. The third kappa shape index (κ3) is 3.07. The number of carbonyl (C=O) groups excluding carboxylic acids is 3. The topological polar surface area (TPSA) is 95.7 Å². The van der Waals surface area contributed by atoms with E-state index in [-0.39, 0.29) is 29.7 Å². The Morgan fingerprint density at radius 2 is 2.00 bits per heavy atom. The number of imide groups is 1. The molecule has 3 aliphatic heterocycles. The lowest BCUT2D eigenvalue weighted by Gasteiger charge is -2.56. The molecular formula is C22H28N4O3. The van der Waals surface area contributed by atoms with E-state index in [0.29, 0.717) is 19.0 Å². The van der Waals surface area contributed by atoms with Crippen molar-refractivity contribution in [1.29, 1.82) is 0 Å². The molecule has 7 heteroatoms. The SMILES string of the molecule is NC1CC2(CCCCN2Cc2cccc3c2C(=O)N(C2CCC(=O)NC2=O)C3)C1. The van der Waals surface area contributed by atoms with Crippen molar-refractivity contribution >= 4 is 17.7 Å². The minimum Gasteiger partial charge on any atom is -0.328 e. The normalized spacial score (nSPS) is 32.3. The Hall–Kier alpha value is -2.25. The van der Waals surface area contributed by atoms with Gasteiger partial charge in [0.1, 0.15) is 6.04 Å². The summed E-state index contributed by atoms with van der Waals surface area (Å²) in [6, 6.07) is 5.77. The van der Waals surface area contributed by atoms with Crippen LogP contribution < -0.4 is 11.1 Å². The van der Waals surface area contributed by atoms with E-state index in [0.717, 1.165) is 42.6 Å². The summed E-state index contributed by atoms with van der Waals surface area (Å²) in [7, 11) is 0. The molecule has 1 saturated carbocycles. The number of nitrogens with one attached hydrogen (secondary N) is 1. The molecule has 3 fully saturated rings. The number of hydrogen-bond acceptors (Lipinski definition) is 5. The minimum atomic E-state index is -0.564. The van der Waals surface area contributed by atoms with Crippen molar-refractivity contribution in [2.75, 3.05) is 6.54 Å². The maximum atomic E-state index is 13.3. The maximum absolute atomic E-state index is 13.3. The van der Waals surface area contributed by atoms with Crippen LogP contribution in [-0.2, 0) is 22.7 Å². The van der Waals surface area contributed by atoms with Crippen molar-refractivity contribution in [1.82, 2.24) is 15.1 Å². The van der Waals surface area contributed by atoms with Crippen molar-refractivity contribution in [2.24, 2.45) is 5.73 Å². The summed E-state index contributed by atoms with van der Waals surface area (Å²) >= 11 is 0. The molecule has 154 valence electrons. The standard InChI is InChI=1S/C22H28N4O3/c23-16-10-22(11-16)8-1-2-9-25(22)12-14-4-3-5-15-13-26(21(29)19(14)15)17-6-7-18(27)24-20(17)28/h3-5,16-17H,1-2,6-13,23H2,(H,24,27,28). The molecule has 4 aliphatic rings. The van der Waals surface area contributed by atoms with Crippen molar-refractivity contribution < 1.29 is 14.4 Å². The van der Waals surface area contributed by atoms with E-state index in [2.05, 4.69) is 10.2 Å². The Labute approximate surface area is 170 Å². The first-order valence-electron chi connectivity index (χ1n) is 10.7. The fourth-order valence-corrected chi connectivity index (χ4v) is 5.80. The maximum Gasteiger partial charge on any atom is 0.255 e. The van der Waals surface area contributed by atoms with Crippen molar-refractivity contribution in [3.8, 4) is 0 Å². The first-order valence-corrected chi connectivity index (χ1v) is 10.7. The molecule has 5 rings (SSSR count). The van der Waals surface area contributed by atoms with Crippen molar-refractivity contribution in [2.45, 2.75) is 75.7 Å². The van der Waals surface area contributed by atoms with Crippen LogP contribution in [0.25, 0.3) is 0 Å². The smallest absolute Gasteiger partial charge is 0.255 e. The second-order valence-corrected chi connectivity index (χ2v) is 9.12. The van der Waals surface area contributed by atoms with Gasteiger partial charge in [0.25, 0.3) is 5.91 Å². The molecule has 3 N–H and O–H groups in total. The molecule has 1 aromatic rings. The van der Waals surface area contributed by atoms with Crippen LogP contribution >= 0.6 is 0 Å². The van der Waals surface area contributed by atoms with Gasteiger partial charge < -0.3 is 10.6 Å². The van der Waals surface area contributed by atoms with Crippen LogP contribution in [0.4, 0.5) is 0 Å². The second kappa shape index (κ2) is 6.92. The van der Waals surface area contributed by atoms with Crippen molar-refractivity contribution in [3.63, 3.8) is 0 Å². The molecule has 0 bridgehead atoms. The fraction of sp³-hybridized carbons (Fsp3) is 0.591. The molecular weight excluding hydrogens is 368 g/mol. The van der Waals surface area contributed by atoms with Gasteiger partial charge in [-0.15, -0.1) is 0 Å². The number of nitrogens with two attached hydrogens (primary N) is 1. The van der Waals surface area contributed by atoms with E-state index in [1.807, 2.05) is 18.2 Å². The highest BCUT2D eigenvalue weighted by molar-refractivity contribution is 6.06. The number of hydrogen-bond donors (Lipinski definition) is 2. The number of likely N-dealkylation sites (tertiary alicyclic amines) is 1. The van der Waals surface area contributed by atoms with Gasteiger partial charge in [-0.2, -0.15) is 0 Å². The molecule has 1 aliphatic carbocycles. The van der Waals surface area contributed by atoms with Crippen LogP contribution in [0.1, 0.15) is 66.4 Å². The zero-order chi connectivity index (χ0) is 20.2. The van der Waals surface area contributed by atoms with Gasteiger partial charge in [-0.3, -0.25) is 24.6 Å². The number of benzene rings is 1. The number of amides is 3. The van der Waals surface area contributed by atoms with Crippen LogP contribution in [0.3, 0.4) is 0 Å². The predicted molar refractivity (Wildman–Crippen MR) is 107 cm³/mol. The van der Waals surface area contributed by atoms with Crippen molar-refractivity contribution in [3.05, 3.63) is 34.9 Å². The quantitative estimate of drug-likeness (QED) is 0.751. The van der Waals surface area contributed by atoms with Gasteiger partial charge in [-0.1, -0.05) is 24.6 Å². The van der Waals surface area contributed by atoms with Gasteiger partial charge in [0, 0.05) is 36.7 Å². The molecule has 7 nitrogen and oxygen atoms in total. The average Bonchev–Trinajstić information content (AvgIpc) is 3.00. The van der Waals surface area contributed by atoms with Gasteiger partial charge in [0.15, 0.2) is 0 Å². The summed E-state index contributed by atoms with van der Waals surface area (Å²) < 4.78 is 0. The third-order valence-corrected chi connectivity index (χ3v) is 7.28. The number of fused-ring (bicyclic) bond motifs is 1. The molecule has 3 heterocycles. The summed E-state index contributed by atoms with van der Waals surface area (Å²) in [5.74, 6) is -0.700. The monoisotopic (exact) mass is 396 g/mol. The van der Waals surface area contributed by atoms with E-state index in [4.69, 9.17) is 5.73 Å². The predicted octanol–water partition coefficient (Wildman–Crippen LogP) is 1.29. The minimum absolute atomic E-state index is 0.0820. The van der Waals surface area contributed by atoms with Gasteiger partial charge in [-0.05, 0) is 49.8 Å². The lowest BCUT2D eigenvalue weighted by Crippen LogP contribution is -2.63. The highest BCUT2D eigenvalue weighted by Crippen LogP contribution is 2.45. The fourth-order valence-electron chi connectivity index (χ4n) is 5.80. The molecule has 1 spiro atoms. The first kappa shape index (κ1) is 18.8. The van der Waals surface area contributed by atoms with E-state index in [1.54, 1.807) is 4.90 Å². The Kier molecular flexibility index (Phi) is 4.47. The summed E-state index contributed by atoms with van der Waals surface area (Å²) in [5, 5.41) is 2.37. The zero-order valence-corrected chi connectivity index (χ0v) is 16.7. The molecule has 1 atom stereocenters. The molecule has 0 aromatic heterocycles. The second-order valence-electron chi connectivity index (χ2n) is 9.12. The Morgan fingerprint density at radius 1 is 1.17 bits per heavy atom. The van der Waals surface area contributed by atoms with Gasteiger partial charge >= 0.3 is 0 Å². The largest absolute Gasteiger partial charge is 0.328 e. The number of nitrogens with zero attached hydrogens (tertiary/aromatic N) is 2. The van der Waals surface area contributed by atoms with Gasteiger partial charge in [0.05, 0.1) is 0 Å². The lowest BCUT2D eigenvalue weighted by atomic mass is 9.67. The van der Waals surface area contributed by atoms with E-state index >= 15 is 0 Å². The van der Waals surface area contributed by atoms with Crippen LogP contribution in [0, 0.1) is 0 Å². The molecule has 1 aromatic carbocycles. The van der Waals surface area contributed by atoms with Crippen LogP contribution in [0.2, 0.25) is 0 Å². The van der Waals surface area contributed by atoms with Crippen LogP contribution in [0.5, 0.6) is 0 Å². The highest BCUT2D eigenvalue weighted by atomic mass is 16.2. The van der Waals surface area contributed by atoms with Gasteiger partial charge in [0.2, 0.25) is 11.8 Å². The number of rotatable bonds is 3. The van der Waals surface area contributed by atoms with Crippen LogP contribution in [-0.4, -0.2) is 51.7 Å². The van der Waals surface area contributed by atoms with Crippen LogP contribution in [0.15, 0.2) is 18.2 Å². The zero-order valence-electron chi connectivity index (χ0n) is 16.7. The number of carbonyl (C=O) groups is 3. The molecule has 0 radical (unpaired) electrons. The molecule has 1 unspecified atom stereocenters. The van der Waals surface area contributed by atoms with E-state index < -0.39 is 6.04 Å². The summed E-state index contributed by atoms with van der Waals surface area (Å²) in [4.78, 5) is 41.3. The lowest BCUT2D eigenvalue weighted by molar-refractivity contribution is -0.136. The highest BCUT2D eigenvalue weighted by Gasteiger charge is 2.48. The van der Waals surface area contributed by atoms with E-state index in [9.17, 15) is 14.4 Å². The molecule has 3 amide bonds. The van der Waals surface area contributed by atoms with Gasteiger partial charge in [-0.25, -0.2) is 0 Å². The Morgan fingerprint density at radius 3 is 2.76 bits per heavy atom.